The number of aromatic nitrogens is 2. The average molecular weight is 360 g/mol. The van der Waals surface area contributed by atoms with Crippen molar-refractivity contribution in [3.8, 4) is 22.5 Å². The van der Waals surface area contributed by atoms with E-state index in [1.165, 1.54) is 16.7 Å². The Labute approximate surface area is 157 Å². The van der Waals surface area contributed by atoms with Gasteiger partial charge in [-0.05, 0) is 48.6 Å². The monoisotopic (exact) mass is 360 g/mol. The highest BCUT2D eigenvalue weighted by atomic mass is 32.1. The molecule has 130 valence electrons. The largest absolute Gasteiger partial charge is 0.296 e. The minimum absolute atomic E-state index is 0.610. The standard InChI is InChI=1S/C22H20N2OS/c1-4-16-6-9-17(10-7-16)20-13-26-22-23-21(19(12-25)24(20)22)18-8-5-14(2)15(3)11-18/h5-13H,4H2,1-3H3. The van der Waals surface area contributed by atoms with Crippen molar-refractivity contribution in [3.05, 3.63) is 70.2 Å². The van der Waals surface area contributed by atoms with Crippen LogP contribution in [0.3, 0.4) is 0 Å². The quantitative estimate of drug-likeness (QED) is 0.436. The minimum atomic E-state index is 0.610. The molecule has 2 heterocycles. The molecule has 0 amide bonds. The van der Waals surface area contributed by atoms with Crippen LogP contribution in [0.4, 0.5) is 0 Å². The van der Waals surface area contributed by atoms with Crippen molar-refractivity contribution in [1.29, 1.82) is 0 Å². The van der Waals surface area contributed by atoms with Crippen LogP contribution < -0.4 is 0 Å². The highest BCUT2D eigenvalue weighted by Gasteiger charge is 2.18. The molecule has 0 saturated carbocycles. The van der Waals surface area contributed by atoms with Crippen LogP contribution in [0.5, 0.6) is 0 Å². The molecule has 0 saturated heterocycles. The number of hydrogen-bond donors (Lipinski definition) is 0. The third kappa shape index (κ3) is 2.67. The fraction of sp³-hybridized carbons (Fsp3) is 0.182. The maximum Gasteiger partial charge on any atom is 0.195 e. The predicted molar refractivity (Wildman–Crippen MR) is 108 cm³/mol. The van der Waals surface area contributed by atoms with E-state index in [9.17, 15) is 4.79 Å². The number of carbonyl (C=O) groups is 1. The molecule has 26 heavy (non-hydrogen) atoms. The number of benzene rings is 2. The molecule has 0 bridgehead atoms. The number of imidazole rings is 1. The normalized spacial score (nSPS) is 11.2. The third-order valence-electron chi connectivity index (χ3n) is 4.95. The second-order valence-corrected chi connectivity index (χ2v) is 7.39. The first kappa shape index (κ1) is 16.7. The Morgan fingerprint density at radius 2 is 1.77 bits per heavy atom. The van der Waals surface area contributed by atoms with Gasteiger partial charge in [0.2, 0.25) is 0 Å². The molecule has 2 aromatic carbocycles. The van der Waals surface area contributed by atoms with E-state index >= 15 is 0 Å². The lowest BCUT2D eigenvalue weighted by atomic mass is 10.0. The van der Waals surface area contributed by atoms with Gasteiger partial charge in [0.1, 0.15) is 11.4 Å². The Morgan fingerprint density at radius 3 is 2.42 bits per heavy atom. The summed E-state index contributed by atoms with van der Waals surface area (Å²) in [6.07, 6.45) is 1.93. The predicted octanol–water partition coefficient (Wildman–Crippen LogP) is 5.72. The van der Waals surface area contributed by atoms with Crippen LogP contribution in [0.1, 0.15) is 34.1 Å². The Morgan fingerprint density at radius 1 is 1.04 bits per heavy atom. The molecule has 4 aromatic rings. The maximum atomic E-state index is 12.0. The van der Waals surface area contributed by atoms with Gasteiger partial charge in [-0.3, -0.25) is 9.20 Å². The van der Waals surface area contributed by atoms with Crippen molar-refractivity contribution >= 4 is 22.6 Å². The molecule has 0 aliphatic heterocycles. The number of thiazole rings is 1. The molecule has 4 heteroatoms. The van der Waals surface area contributed by atoms with Crippen molar-refractivity contribution < 1.29 is 4.79 Å². The number of aldehydes is 1. The van der Waals surface area contributed by atoms with Gasteiger partial charge < -0.3 is 0 Å². The first-order chi connectivity index (χ1) is 12.6. The van der Waals surface area contributed by atoms with E-state index in [1.807, 2.05) is 10.5 Å². The zero-order chi connectivity index (χ0) is 18.3. The summed E-state index contributed by atoms with van der Waals surface area (Å²) in [5.41, 5.74) is 8.19. The van der Waals surface area contributed by atoms with Crippen LogP contribution in [0.15, 0.2) is 47.8 Å². The van der Waals surface area contributed by atoms with Gasteiger partial charge in [0.15, 0.2) is 11.2 Å². The van der Waals surface area contributed by atoms with E-state index in [-0.39, 0.29) is 0 Å². The first-order valence-electron chi connectivity index (χ1n) is 8.74. The van der Waals surface area contributed by atoms with Crippen LogP contribution in [-0.2, 0) is 6.42 Å². The SMILES string of the molecule is CCc1ccc(-c2csc3nc(-c4ccc(C)c(C)c4)c(C=O)n23)cc1. The van der Waals surface area contributed by atoms with E-state index in [0.717, 1.165) is 40.2 Å². The number of hydrogen-bond acceptors (Lipinski definition) is 3. The van der Waals surface area contributed by atoms with E-state index in [1.54, 1.807) is 11.3 Å². The minimum Gasteiger partial charge on any atom is -0.296 e. The summed E-state index contributed by atoms with van der Waals surface area (Å²) in [6.45, 7) is 6.32. The van der Waals surface area contributed by atoms with Gasteiger partial charge in [-0.1, -0.05) is 43.3 Å². The number of nitrogens with zero attached hydrogens (tertiary/aromatic N) is 2. The Balaban J connectivity index is 1.90. The highest BCUT2D eigenvalue weighted by Crippen LogP contribution is 2.33. The molecule has 0 aliphatic carbocycles. The van der Waals surface area contributed by atoms with Crippen molar-refractivity contribution in [2.75, 3.05) is 0 Å². The fourth-order valence-electron chi connectivity index (χ4n) is 3.20. The summed E-state index contributed by atoms with van der Waals surface area (Å²) < 4.78 is 1.98. The van der Waals surface area contributed by atoms with Crippen molar-refractivity contribution in [1.82, 2.24) is 9.38 Å². The summed E-state index contributed by atoms with van der Waals surface area (Å²) in [7, 11) is 0. The summed E-state index contributed by atoms with van der Waals surface area (Å²) in [5.74, 6) is 0. The third-order valence-corrected chi connectivity index (χ3v) is 5.77. The Bertz CT molecular complexity index is 1100. The van der Waals surface area contributed by atoms with E-state index in [0.29, 0.717) is 5.69 Å². The zero-order valence-corrected chi connectivity index (χ0v) is 15.9. The molecule has 4 rings (SSSR count). The smallest absolute Gasteiger partial charge is 0.195 e. The van der Waals surface area contributed by atoms with Gasteiger partial charge in [-0.25, -0.2) is 4.98 Å². The molecule has 0 radical (unpaired) electrons. The molecule has 3 nitrogen and oxygen atoms in total. The van der Waals surface area contributed by atoms with Crippen molar-refractivity contribution in [2.24, 2.45) is 0 Å². The fourth-order valence-corrected chi connectivity index (χ4v) is 4.11. The average Bonchev–Trinajstić information content (AvgIpc) is 3.23. The van der Waals surface area contributed by atoms with E-state index in [2.05, 4.69) is 62.5 Å². The van der Waals surface area contributed by atoms with Crippen LogP contribution in [0, 0.1) is 13.8 Å². The van der Waals surface area contributed by atoms with Gasteiger partial charge >= 0.3 is 0 Å². The topological polar surface area (TPSA) is 34.4 Å². The summed E-state index contributed by atoms with van der Waals surface area (Å²) in [5, 5.41) is 2.07. The number of carbonyl (C=O) groups excluding carboxylic acids is 1. The van der Waals surface area contributed by atoms with Crippen LogP contribution in [0.2, 0.25) is 0 Å². The van der Waals surface area contributed by atoms with Gasteiger partial charge in [0.25, 0.3) is 0 Å². The molecule has 0 N–H and O–H groups in total. The zero-order valence-electron chi connectivity index (χ0n) is 15.1. The van der Waals surface area contributed by atoms with Crippen molar-refractivity contribution in [2.45, 2.75) is 27.2 Å². The Hall–Kier alpha value is -2.72. The Kier molecular flexibility index (Phi) is 4.21. The van der Waals surface area contributed by atoms with E-state index < -0.39 is 0 Å². The number of rotatable bonds is 4. The molecular formula is C22H20N2OS. The van der Waals surface area contributed by atoms with Crippen LogP contribution in [0.25, 0.3) is 27.5 Å². The first-order valence-corrected chi connectivity index (χ1v) is 9.62. The summed E-state index contributed by atoms with van der Waals surface area (Å²) in [6, 6.07) is 14.7. The van der Waals surface area contributed by atoms with Gasteiger partial charge in [-0.15, -0.1) is 11.3 Å². The van der Waals surface area contributed by atoms with Crippen LogP contribution >= 0.6 is 11.3 Å². The maximum absolute atomic E-state index is 12.0. The highest BCUT2D eigenvalue weighted by molar-refractivity contribution is 7.15. The molecule has 0 spiro atoms. The molecule has 0 aliphatic rings. The lowest BCUT2D eigenvalue weighted by molar-refractivity contribution is 0.111. The summed E-state index contributed by atoms with van der Waals surface area (Å²) in [4.78, 5) is 17.6. The molecule has 2 aromatic heterocycles. The van der Waals surface area contributed by atoms with Gasteiger partial charge in [0.05, 0.1) is 5.69 Å². The second-order valence-electron chi connectivity index (χ2n) is 6.55. The number of aryl methyl sites for hydroxylation is 3. The van der Waals surface area contributed by atoms with E-state index in [4.69, 9.17) is 4.98 Å². The lowest BCUT2D eigenvalue weighted by Gasteiger charge is -2.05. The number of fused-ring (bicyclic) bond motifs is 1. The summed E-state index contributed by atoms with van der Waals surface area (Å²) >= 11 is 1.56. The lowest BCUT2D eigenvalue weighted by Crippen LogP contribution is -1.95. The second kappa shape index (κ2) is 6.54. The van der Waals surface area contributed by atoms with Gasteiger partial charge in [0, 0.05) is 10.9 Å². The molecular weight excluding hydrogens is 340 g/mol. The van der Waals surface area contributed by atoms with Crippen molar-refractivity contribution in [3.63, 3.8) is 0 Å². The molecule has 0 fully saturated rings. The molecule has 0 atom stereocenters. The van der Waals surface area contributed by atoms with Crippen LogP contribution in [-0.4, -0.2) is 15.7 Å². The molecule has 0 unspecified atom stereocenters. The van der Waals surface area contributed by atoms with Gasteiger partial charge in [-0.2, -0.15) is 0 Å².